The van der Waals surface area contributed by atoms with Crippen molar-refractivity contribution in [1.29, 1.82) is 0 Å². The number of amides is 1. The molecule has 0 saturated heterocycles. The summed E-state index contributed by atoms with van der Waals surface area (Å²) in [6, 6.07) is 0.137. The van der Waals surface area contributed by atoms with E-state index in [2.05, 4.69) is 19.2 Å². The highest BCUT2D eigenvalue weighted by Crippen LogP contribution is 2.24. The van der Waals surface area contributed by atoms with Crippen LogP contribution in [0.5, 0.6) is 0 Å². The minimum Gasteiger partial charge on any atom is -0.396 e. The van der Waals surface area contributed by atoms with E-state index in [1.165, 1.54) is 0 Å². The largest absolute Gasteiger partial charge is 0.396 e. The van der Waals surface area contributed by atoms with Crippen LogP contribution in [0, 0.1) is 17.8 Å². The number of carbonyl (C=O) groups excluding carboxylic acids is 1. The average molecular weight is 256 g/mol. The smallest absolute Gasteiger partial charge is 0.224 e. The van der Waals surface area contributed by atoms with Crippen LogP contribution >= 0.6 is 0 Å². The van der Waals surface area contributed by atoms with Gasteiger partial charge in [-0.25, -0.2) is 0 Å². The molecule has 1 aliphatic rings. The Kier molecular flexibility index (Phi) is 6.65. The molecule has 1 aliphatic carbocycles. The van der Waals surface area contributed by atoms with Crippen molar-refractivity contribution in [3.8, 4) is 0 Å². The van der Waals surface area contributed by atoms with Crippen LogP contribution in [0.4, 0.5) is 0 Å². The summed E-state index contributed by atoms with van der Waals surface area (Å²) in [6.45, 7) is 4.78. The molecule has 1 rings (SSSR count). The molecule has 4 N–H and O–H groups in total. The van der Waals surface area contributed by atoms with Crippen LogP contribution in [0.2, 0.25) is 0 Å². The van der Waals surface area contributed by atoms with Crippen LogP contribution in [-0.2, 0) is 4.79 Å². The second-order valence-electron chi connectivity index (χ2n) is 5.90. The SMILES string of the molecule is CC(C)CC(CN)C(=O)NC1CCCCC1CO. The molecule has 3 unspecified atom stereocenters. The average Bonchev–Trinajstić information content (AvgIpc) is 2.36. The predicted molar refractivity (Wildman–Crippen MR) is 73.0 cm³/mol. The van der Waals surface area contributed by atoms with Gasteiger partial charge in [0.2, 0.25) is 5.91 Å². The van der Waals surface area contributed by atoms with Crippen LogP contribution in [0.25, 0.3) is 0 Å². The predicted octanol–water partition coefficient (Wildman–Crippen LogP) is 1.27. The summed E-state index contributed by atoms with van der Waals surface area (Å²) >= 11 is 0. The Morgan fingerprint density at radius 1 is 1.39 bits per heavy atom. The Morgan fingerprint density at radius 3 is 2.61 bits per heavy atom. The molecule has 106 valence electrons. The standard InChI is InChI=1S/C14H28N2O2/c1-10(2)7-12(8-15)14(18)16-13-6-4-3-5-11(13)9-17/h10-13,17H,3-9,15H2,1-2H3,(H,16,18). The van der Waals surface area contributed by atoms with E-state index in [-0.39, 0.29) is 30.4 Å². The highest BCUT2D eigenvalue weighted by atomic mass is 16.3. The van der Waals surface area contributed by atoms with Crippen molar-refractivity contribution in [3.05, 3.63) is 0 Å². The molecule has 1 fully saturated rings. The van der Waals surface area contributed by atoms with E-state index in [1.807, 2.05) is 0 Å². The summed E-state index contributed by atoms with van der Waals surface area (Å²) in [5.41, 5.74) is 5.68. The second kappa shape index (κ2) is 7.74. The molecule has 0 heterocycles. The Balaban J connectivity index is 2.50. The topological polar surface area (TPSA) is 75.4 Å². The molecule has 0 aliphatic heterocycles. The van der Waals surface area contributed by atoms with Crippen molar-refractivity contribution >= 4 is 5.91 Å². The zero-order valence-electron chi connectivity index (χ0n) is 11.7. The lowest BCUT2D eigenvalue weighted by atomic mass is 9.84. The number of carbonyl (C=O) groups is 1. The molecular weight excluding hydrogens is 228 g/mol. The van der Waals surface area contributed by atoms with Crippen molar-refractivity contribution in [3.63, 3.8) is 0 Å². The summed E-state index contributed by atoms with van der Waals surface area (Å²) in [4.78, 5) is 12.2. The van der Waals surface area contributed by atoms with Gasteiger partial charge in [0.05, 0.1) is 5.92 Å². The molecule has 1 saturated carbocycles. The molecule has 0 radical (unpaired) electrons. The van der Waals surface area contributed by atoms with Gasteiger partial charge in [-0.3, -0.25) is 4.79 Å². The Bertz CT molecular complexity index is 256. The van der Waals surface area contributed by atoms with Gasteiger partial charge in [-0.05, 0) is 25.2 Å². The van der Waals surface area contributed by atoms with Gasteiger partial charge in [-0.15, -0.1) is 0 Å². The van der Waals surface area contributed by atoms with Crippen LogP contribution in [0.1, 0.15) is 46.0 Å². The van der Waals surface area contributed by atoms with Crippen molar-refractivity contribution in [1.82, 2.24) is 5.32 Å². The van der Waals surface area contributed by atoms with Gasteiger partial charge in [0.1, 0.15) is 0 Å². The number of hydrogen-bond acceptors (Lipinski definition) is 3. The number of nitrogens with one attached hydrogen (secondary N) is 1. The molecular formula is C14H28N2O2. The van der Waals surface area contributed by atoms with E-state index in [9.17, 15) is 9.90 Å². The lowest BCUT2D eigenvalue weighted by Gasteiger charge is -2.32. The number of nitrogens with two attached hydrogens (primary N) is 1. The minimum atomic E-state index is -0.0914. The number of aliphatic hydroxyl groups is 1. The second-order valence-corrected chi connectivity index (χ2v) is 5.90. The van der Waals surface area contributed by atoms with E-state index < -0.39 is 0 Å². The summed E-state index contributed by atoms with van der Waals surface area (Å²) < 4.78 is 0. The third-order valence-corrected chi connectivity index (χ3v) is 3.88. The van der Waals surface area contributed by atoms with E-state index >= 15 is 0 Å². The molecule has 18 heavy (non-hydrogen) atoms. The molecule has 0 aromatic rings. The van der Waals surface area contributed by atoms with Gasteiger partial charge in [0.25, 0.3) is 0 Å². The summed E-state index contributed by atoms with van der Waals surface area (Å²) in [6.07, 6.45) is 5.12. The lowest BCUT2D eigenvalue weighted by Crippen LogP contribution is -2.47. The summed E-state index contributed by atoms with van der Waals surface area (Å²) in [5.74, 6) is 0.673. The number of aliphatic hydroxyl groups excluding tert-OH is 1. The van der Waals surface area contributed by atoms with Gasteiger partial charge in [0, 0.05) is 25.1 Å². The van der Waals surface area contributed by atoms with Crippen LogP contribution < -0.4 is 11.1 Å². The maximum absolute atomic E-state index is 12.2. The first-order valence-electron chi connectivity index (χ1n) is 7.19. The summed E-state index contributed by atoms with van der Waals surface area (Å²) in [7, 11) is 0. The molecule has 0 spiro atoms. The zero-order valence-corrected chi connectivity index (χ0v) is 11.7. The molecule has 0 bridgehead atoms. The highest BCUT2D eigenvalue weighted by molar-refractivity contribution is 5.79. The van der Waals surface area contributed by atoms with Crippen molar-refractivity contribution in [2.45, 2.75) is 52.0 Å². The van der Waals surface area contributed by atoms with E-state index in [4.69, 9.17) is 5.73 Å². The number of hydrogen-bond donors (Lipinski definition) is 3. The van der Waals surface area contributed by atoms with Gasteiger partial charge in [-0.1, -0.05) is 26.7 Å². The molecule has 1 amide bonds. The van der Waals surface area contributed by atoms with Gasteiger partial charge >= 0.3 is 0 Å². The maximum atomic E-state index is 12.2. The third-order valence-electron chi connectivity index (χ3n) is 3.88. The van der Waals surface area contributed by atoms with Crippen molar-refractivity contribution in [2.24, 2.45) is 23.5 Å². The Morgan fingerprint density at radius 2 is 2.06 bits per heavy atom. The highest BCUT2D eigenvalue weighted by Gasteiger charge is 2.28. The van der Waals surface area contributed by atoms with E-state index in [1.54, 1.807) is 0 Å². The lowest BCUT2D eigenvalue weighted by molar-refractivity contribution is -0.126. The van der Waals surface area contributed by atoms with Crippen LogP contribution in [0.3, 0.4) is 0 Å². The van der Waals surface area contributed by atoms with Crippen molar-refractivity contribution in [2.75, 3.05) is 13.2 Å². The Hall–Kier alpha value is -0.610. The first kappa shape index (κ1) is 15.4. The minimum absolute atomic E-state index is 0.0662. The van der Waals surface area contributed by atoms with E-state index in [0.717, 1.165) is 32.1 Å². The molecule has 0 aromatic carbocycles. The maximum Gasteiger partial charge on any atom is 0.224 e. The van der Waals surface area contributed by atoms with Gasteiger partial charge in [-0.2, -0.15) is 0 Å². The third kappa shape index (κ3) is 4.58. The normalized spacial score (nSPS) is 26.1. The Labute approximate surface area is 110 Å². The molecule has 4 heteroatoms. The molecule has 3 atom stereocenters. The van der Waals surface area contributed by atoms with Crippen LogP contribution in [0.15, 0.2) is 0 Å². The van der Waals surface area contributed by atoms with Gasteiger partial charge < -0.3 is 16.2 Å². The van der Waals surface area contributed by atoms with E-state index in [0.29, 0.717) is 12.5 Å². The fourth-order valence-corrected chi connectivity index (χ4v) is 2.80. The van der Waals surface area contributed by atoms with Crippen LogP contribution in [-0.4, -0.2) is 30.2 Å². The fourth-order valence-electron chi connectivity index (χ4n) is 2.80. The fraction of sp³-hybridized carbons (Fsp3) is 0.929. The molecule has 4 nitrogen and oxygen atoms in total. The zero-order chi connectivity index (χ0) is 13.5. The number of rotatable bonds is 6. The molecule has 0 aromatic heterocycles. The first-order chi connectivity index (χ1) is 8.58. The first-order valence-corrected chi connectivity index (χ1v) is 7.19. The quantitative estimate of drug-likeness (QED) is 0.670. The van der Waals surface area contributed by atoms with Crippen molar-refractivity contribution < 1.29 is 9.90 Å². The summed E-state index contributed by atoms with van der Waals surface area (Å²) in [5, 5.41) is 12.4. The monoisotopic (exact) mass is 256 g/mol. The van der Waals surface area contributed by atoms with Gasteiger partial charge in [0.15, 0.2) is 0 Å².